The van der Waals surface area contributed by atoms with Gasteiger partial charge in [0, 0.05) is 24.0 Å². The van der Waals surface area contributed by atoms with E-state index in [1.807, 2.05) is 24.3 Å². The van der Waals surface area contributed by atoms with Crippen molar-refractivity contribution in [2.24, 2.45) is 0 Å². The zero-order chi connectivity index (χ0) is 14.1. The molecule has 0 aliphatic carbocycles. The number of H-pyrrole nitrogens is 1. The molecule has 2 atom stereocenters. The molecule has 2 N–H and O–H groups in total. The van der Waals surface area contributed by atoms with Gasteiger partial charge in [0.25, 0.3) is 5.91 Å². The van der Waals surface area contributed by atoms with Crippen molar-refractivity contribution >= 4 is 16.8 Å². The summed E-state index contributed by atoms with van der Waals surface area (Å²) in [4.78, 5) is 14.7. The second-order valence-electron chi connectivity index (χ2n) is 5.64. The first-order chi connectivity index (χ1) is 9.65. The molecule has 1 amide bonds. The zero-order valence-corrected chi connectivity index (χ0v) is 11.9. The van der Waals surface area contributed by atoms with Gasteiger partial charge in [-0.25, -0.2) is 0 Å². The fraction of sp³-hybridized carbons (Fsp3) is 0.467. The number of aromatic nitrogens is 2. The fourth-order valence-corrected chi connectivity index (χ4v) is 2.81. The van der Waals surface area contributed by atoms with Gasteiger partial charge in [-0.15, -0.1) is 0 Å². The molecule has 20 heavy (non-hydrogen) atoms. The summed E-state index contributed by atoms with van der Waals surface area (Å²) in [6.45, 7) is 3.22. The molecule has 5 heteroatoms. The van der Waals surface area contributed by atoms with Crippen LogP contribution in [-0.2, 0) is 0 Å². The van der Waals surface area contributed by atoms with Gasteiger partial charge in [0.1, 0.15) is 0 Å². The van der Waals surface area contributed by atoms with Gasteiger partial charge in [0.15, 0.2) is 5.69 Å². The highest BCUT2D eigenvalue weighted by Gasteiger charge is 2.25. The van der Waals surface area contributed by atoms with E-state index in [1.54, 1.807) is 0 Å². The molecule has 1 aliphatic heterocycles. The van der Waals surface area contributed by atoms with Gasteiger partial charge >= 0.3 is 0 Å². The van der Waals surface area contributed by atoms with Crippen LogP contribution in [0.15, 0.2) is 24.3 Å². The number of piperidine rings is 1. The Morgan fingerprint density at radius 3 is 3.05 bits per heavy atom. The van der Waals surface area contributed by atoms with Crippen LogP contribution in [0.25, 0.3) is 10.9 Å². The average Bonchev–Trinajstić information content (AvgIpc) is 2.87. The molecular weight excluding hydrogens is 252 g/mol. The van der Waals surface area contributed by atoms with Crippen molar-refractivity contribution in [2.75, 3.05) is 13.6 Å². The summed E-state index contributed by atoms with van der Waals surface area (Å²) in [5, 5.41) is 11.0. The Morgan fingerprint density at radius 1 is 1.45 bits per heavy atom. The molecule has 0 bridgehead atoms. The summed E-state index contributed by atoms with van der Waals surface area (Å²) in [7, 11) is 2.13. The van der Waals surface area contributed by atoms with Crippen LogP contribution in [0, 0.1) is 0 Å². The lowest BCUT2D eigenvalue weighted by atomic mass is 9.99. The maximum Gasteiger partial charge on any atom is 0.272 e. The van der Waals surface area contributed by atoms with Crippen LogP contribution >= 0.6 is 0 Å². The van der Waals surface area contributed by atoms with Crippen molar-refractivity contribution in [2.45, 2.75) is 31.8 Å². The number of carbonyl (C=O) groups excluding carboxylic acids is 1. The molecule has 0 spiro atoms. The molecule has 2 heterocycles. The fourth-order valence-electron chi connectivity index (χ4n) is 2.81. The molecule has 0 radical (unpaired) electrons. The van der Waals surface area contributed by atoms with Gasteiger partial charge in [-0.1, -0.05) is 18.2 Å². The first-order valence-corrected chi connectivity index (χ1v) is 7.09. The van der Waals surface area contributed by atoms with Crippen molar-refractivity contribution in [3.05, 3.63) is 30.0 Å². The van der Waals surface area contributed by atoms with Crippen LogP contribution in [0.3, 0.4) is 0 Å². The number of nitrogens with zero attached hydrogens (tertiary/aromatic N) is 2. The maximum absolute atomic E-state index is 12.4. The second kappa shape index (κ2) is 5.25. The molecule has 0 saturated carbocycles. The molecule has 1 saturated heterocycles. The number of benzene rings is 1. The molecule has 2 aromatic rings. The summed E-state index contributed by atoms with van der Waals surface area (Å²) in [5.74, 6) is -0.0794. The second-order valence-corrected chi connectivity index (χ2v) is 5.64. The van der Waals surface area contributed by atoms with E-state index in [1.165, 1.54) is 0 Å². The number of hydrogen-bond donors (Lipinski definition) is 2. The largest absolute Gasteiger partial charge is 0.348 e. The normalized spacial score (nSPS) is 23.9. The highest BCUT2D eigenvalue weighted by atomic mass is 16.2. The lowest BCUT2D eigenvalue weighted by Crippen LogP contribution is -2.47. The lowest BCUT2D eigenvalue weighted by Gasteiger charge is -2.35. The van der Waals surface area contributed by atoms with Crippen LogP contribution in [0.2, 0.25) is 0 Å². The topological polar surface area (TPSA) is 61.0 Å². The Balaban J connectivity index is 1.73. The molecule has 5 nitrogen and oxygen atoms in total. The van der Waals surface area contributed by atoms with Gasteiger partial charge < -0.3 is 10.2 Å². The van der Waals surface area contributed by atoms with E-state index in [-0.39, 0.29) is 11.9 Å². The Bertz CT molecular complexity index is 621. The minimum Gasteiger partial charge on any atom is -0.348 e. The van der Waals surface area contributed by atoms with Crippen LogP contribution in [0.5, 0.6) is 0 Å². The molecule has 1 fully saturated rings. The summed E-state index contributed by atoms with van der Waals surface area (Å²) in [6.07, 6.45) is 1.99. The van der Waals surface area contributed by atoms with E-state index in [4.69, 9.17) is 0 Å². The Labute approximate surface area is 118 Å². The van der Waals surface area contributed by atoms with Crippen molar-refractivity contribution in [3.63, 3.8) is 0 Å². The molecule has 3 rings (SSSR count). The third kappa shape index (κ3) is 2.41. The maximum atomic E-state index is 12.4. The molecule has 1 aliphatic rings. The first-order valence-electron chi connectivity index (χ1n) is 7.09. The Kier molecular flexibility index (Phi) is 3.44. The number of nitrogens with one attached hydrogen (secondary N) is 2. The molecule has 1 aromatic heterocycles. The van der Waals surface area contributed by atoms with Crippen molar-refractivity contribution < 1.29 is 4.79 Å². The van der Waals surface area contributed by atoms with Gasteiger partial charge in [-0.2, -0.15) is 5.10 Å². The Hall–Kier alpha value is -1.88. The van der Waals surface area contributed by atoms with E-state index < -0.39 is 0 Å². The summed E-state index contributed by atoms with van der Waals surface area (Å²) in [5.41, 5.74) is 1.39. The number of hydrogen-bond acceptors (Lipinski definition) is 3. The number of rotatable bonds is 2. The number of aromatic amines is 1. The highest BCUT2D eigenvalue weighted by molar-refractivity contribution is 6.04. The van der Waals surface area contributed by atoms with E-state index >= 15 is 0 Å². The summed E-state index contributed by atoms with van der Waals surface area (Å²) >= 11 is 0. The molecular formula is C15H20N4O. The van der Waals surface area contributed by atoms with Gasteiger partial charge in [0.2, 0.25) is 0 Å². The molecule has 1 aromatic carbocycles. The standard InChI is InChI=1S/C15H20N4O/c1-10-9-11(7-8-19(10)2)16-15(20)14-12-5-3-4-6-13(12)17-18-14/h3-6,10-11H,7-9H2,1-2H3,(H,16,20)(H,17,18). The highest BCUT2D eigenvalue weighted by Crippen LogP contribution is 2.18. The SMILES string of the molecule is CC1CC(NC(=O)c2n[nH]c3ccccc23)CCN1C. The summed E-state index contributed by atoms with van der Waals surface area (Å²) in [6, 6.07) is 8.45. The van der Waals surface area contributed by atoms with Crippen LogP contribution < -0.4 is 5.32 Å². The first kappa shape index (κ1) is 13.1. The predicted molar refractivity (Wildman–Crippen MR) is 78.7 cm³/mol. The average molecular weight is 272 g/mol. The van der Waals surface area contributed by atoms with Crippen LogP contribution in [-0.4, -0.2) is 46.7 Å². The minimum atomic E-state index is -0.0794. The van der Waals surface area contributed by atoms with Gasteiger partial charge in [-0.3, -0.25) is 9.89 Å². The smallest absolute Gasteiger partial charge is 0.272 e. The zero-order valence-electron chi connectivity index (χ0n) is 11.9. The van der Waals surface area contributed by atoms with Gasteiger partial charge in [0.05, 0.1) is 5.52 Å². The number of fused-ring (bicyclic) bond motifs is 1. The number of likely N-dealkylation sites (tertiary alicyclic amines) is 1. The lowest BCUT2D eigenvalue weighted by molar-refractivity contribution is 0.0893. The molecule has 2 unspecified atom stereocenters. The van der Waals surface area contributed by atoms with Gasteiger partial charge in [-0.05, 0) is 32.9 Å². The minimum absolute atomic E-state index is 0.0794. The van der Waals surface area contributed by atoms with Crippen molar-refractivity contribution in [3.8, 4) is 0 Å². The summed E-state index contributed by atoms with van der Waals surface area (Å²) < 4.78 is 0. The van der Waals surface area contributed by atoms with E-state index in [9.17, 15) is 4.79 Å². The Morgan fingerprint density at radius 2 is 2.25 bits per heavy atom. The molecule has 106 valence electrons. The van der Waals surface area contributed by atoms with Crippen molar-refractivity contribution in [1.29, 1.82) is 0 Å². The quantitative estimate of drug-likeness (QED) is 0.876. The van der Waals surface area contributed by atoms with E-state index in [0.29, 0.717) is 11.7 Å². The van der Waals surface area contributed by atoms with Crippen LogP contribution in [0.1, 0.15) is 30.3 Å². The number of carbonyl (C=O) groups is 1. The number of para-hydroxylation sites is 1. The third-order valence-corrected chi connectivity index (χ3v) is 4.23. The third-order valence-electron chi connectivity index (χ3n) is 4.23. The van der Waals surface area contributed by atoms with E-state index in [2.05, 4.69) is 34.4 Å². The van der Waals surface area contributed by atoms with E-state index in [0.717, 1.165) is 30.3 Å². The predicted octanol–water partition coefficient (Wildman–Crippen LogP) is 1.78. The van der Waals surface area contributed by atoms with Crippen molar-refractivity contribution in [1.82, 2.24) is 20.4 Å². The number of amides is 1. The van der Waals surface area contributed by atoms with Crippen LogP contribution in [0.4, 0.5) is 0 Å². The monoisotopic (exact) mass is 272 g/mol.